The fourth-order valence-corrected chi connectivity index (χ4v) is 2.40. The van der Waals surface area contributed by atoms with E-state index in [1.807, 2.05) is 0 Å². The molecule has 2 amide bonds. The number of nitrogens with one attached hydrogen (secondary N) is 2. The smallest absolute Gasteiger partial charge is 0.329 e. The van der Waals surface area contributed by atoms with Gasteiger partial charge in [-0.05, 0) is 37.1 Å². The predicted molar refractivity (Wildman–Crippen MR) is 102 cm³/mol. The normalized spacial score (nSPS) is 12.8. The number of hydrogen-bond acceptors (Lipinski definition) is 6. The summed E-state index contributed by atoms with van der Waals surface area (Å²) in [7, 11) is 1.49. The SMILES string of the molecule is COc1ccccc1NC(=O)[C@@H](C)OC(=O)[C@@H](NC(=O)c1ccco1)C(C)C. The van der Waals surface area contributed by atoms with Crippen molar-refractivity contribution in [3.8, 4) is 5.75 Å². The van der Waals surface area contributed by atoms with E-state index in [1.165, 1.54) is 26.4 Å². The van der Waals surface area contributed by atoms with E-state index in [4.69, 9.17) is 13.9 Å². The van der Waals surface area contributed by atoms with Crippen molar-refractivity contribution in [1.82, 2.24) is 5.32 Å². The minimum Gasteiger partial charge on any atom is -0.495 e. The molecule has 0 bridgehead atoms. The van der Waals surface area contributed by atoms with E-state index in [2.05, 4.69) is 10.6 Å². The fraction of sp³-hybridized carbons (Fsp3) is 0.350. The lowest BCUT2D eigenvalue weighted by molar-refractivity contribution is -0.156. The molecule has 2 aromatic rings. The molecule has 0 radical (unpaired) electrons. The standard InChI is InChI=1S/C20H24N2O6/c1-12(2)17(22-19(24)16-10-7-11-27-16)20(25)28-13(3)18(23)21-14-8-5-6-9-15(14)26-4/h5-13,17H,1-4H3,(H,21,23)(H,22,24)/t13-,17+/m1/s1. The summed E-state index contributed by atoms with van der Waals surface area (Å²) in [6, 6.07) is 9.01. The lowest BCUT2D eigenvalue weighted by Crippen LogP contribution is -2.47. The monoisotopic (exact) mass is 388 g/mol. The third-order valence-electron chi connectivity index (χ3n) is 3.98. The van der Waals surface area contributed by atoms with Gasteiger partial charge in [-0.1, -0.05) is 26.0 Å². The van der Waals surface area contributed by atoms with Gasteiger partial charge in [-0.2, -0.15) is 0 Å². The van der Waals surface area contributed by atoms with Gasteiger partial charge in [0.1, 0.15) is 11.8 Å². The van der Waals surface area contributed by atoms with Crippen LogP contribution in [0.3, 0.4) is 0 Å². The van der Waals surface area contributed by atoms with Gasteiger partial charge >= 0.3 is 5.97 Å². The molecule has 0 aliphatic carbocycles. The number of esters is 1. The molecular weight excluding hydrogens is 364 g/mol. The third-order valence-corrected chi connectivity index (χ3v) is 3.98. The molecule has 2 N–H and O–H groups in total. The molecule has 1 aromatic heterocycles. The Morgan fingerprint density at radius 3 is 2.36 bits per heavy atom. The van der Waals surface area contributed by atoms with Crippen molar-refractivity contribution in [3.63, 3.8) is 0 Å². The molecule has 8 nitrogen and oxygen atoms in total. The Labute approximate surface area is 163 Å². The van der Waals surface area contributed by atoms with Gasteiger partial charge in [0.05, 0.1) is 19.1 Å². The minimum absolute atomic E-state index is 0.0837. The largest absolute Gasteiger partial charge is 0.495 e. The highest BCUT2D eigenvalue weighted by molar-refractivity contribution is 5.97. The molecule has 2 atom stereocenters. The number of anilines is 1. The Hall–Kier alpha value is -3.29. The summed E-state index contributed by atoms with van der Waals surface area (Å²) in [4.78, 5) is 37.0. The van der Waals surface area contributed by atoms with Gasteiger partial charge < -0.3 is 24.5 Å². The van der Waals surface area contributed by atoms with Gasteiger partial charge in [0.25, 0.3) is 11.8 Å². The average Bonchev–Trinajstić information content (AvgIpc) is 3.20. The zero-order chi connectivity index (χ0) is 20.7. The first-order valence-corrected chi connectivity index (χ1v) is 8.82. The van der Waals surface area contributed by atoms with Crippen LogP contribution in [0.5, 0.6) is 5.75 Å². The van der Waals surface area contributed by atoms with Crippen LogP contribution in [-0.4, -0.2) is 37.0 Å². The van der Waals surface area contributed by atoms with Gasteiger partial charge in [-0.15, -0.1) is 0 Å². The van der Waals surface area contributed by atoms with E-state index in [-0.39, 0.29) is 11.7 Å². The number of hydrogen-bond donors (Lipinski definition) is 2. The number of amides is 2. The molecule has 0 fully saturated rings. The number of rotatable bonds is 8. The molecule has 0 spiro atoms. The molecule has 0 saturated carbocycles. The third kappa shape index (κ3) is 5.35. The van der Waals surface area contributed by atoms with Crippen LogP contribution in [0, 0.1) is 5.92 Å². The van der Waals surface area contributed by atoms with Crippen LogP contribution in [0.1, 0.15) is 31.3 Å². The highest BCUT2D eigenvalue weighted by atomic mass is 16.5. The van der Waals surface area contributed by atoms with Crippen molar-refractivity contribution < 1.29 is 28.3 Å². The molecule has 1 heterocycles. The molecule has 8 heteroatoms. The molecule has 0 unspecified atom stereocenters. The van der Waals surface area contributed by atoms with Crippen molar-refractivity contribution in [3.05, 3.63) is 48.4 Å². The topological polar surface area (TPSA) is 107 Å². The maximum absolute atomic E-state index is 12.5. The summed E-state index contributed by atoms with van der Waals surface area (Å²) >= 11 is 0. The maximum atomic E-state index is 12.5. The second-order valence-corrected chi connectivity index (χ2v) is 6.44. The lowest BCUT2D eigenvalue weighted by Gasteiger charge is -2.22. The van der Waals surface area contributed by atoms with E-state index in [1.54, 1.807) is 44.2 Å². The Kier molecular flexibility index (Phi) is 7.20. The Morgan fingerprint density at radius 2 is 1.75 bits per heavy atom. The van der Waals surface area contributed by atoms with Gasteiger partial charge in [0.15, 0.2) is 11.9 Å². The average molecular weight is 388 g/mol. The van der Waals surface area contributed by atoms with Gasteiger partial charge in [-0.3, -0.25) is 9.59 Å². The van der Waals surface area contributed by atoms with E-state index in [0.717, 1.165) is 0 Å². The summed E-state index contributed by atoms with van der Waals surface area (Å²) in [5, 5.41) is 5.23. The highest BCUT2D eigenvalue weighted by Gasteiger charge is 2.30. The van der Waals surface area contributed by atoms with Crippen molar-refractivity contribution in [2.75, 3.05) is 12.4 Å². The summed E-state index contributed by atoms with van der Waals surface area (Å²) < 4.78 is 15.5. The molecule has 28 heavy (non-hydrogen) atoms. The minimum atomic E-state index is -1.07. The number of carbonyl (C=O) groups excluding carboxylic acids is 3. The fourth-order valence-electron chi connectivity index (χ4n) is 2.40. The van der Waals surface area contributed by atoms with Crippen LogP contribution in [-0.2, 0) is 14.3 Å². The number of benzene rings is 1. The number of methoxy groups -OCH3 is 1. The summed E-state index contributed by atoms with van der Waals surface area (Å²) in [6.07, 6.45) is 0.293. The maximum Gasteiger partial charge on any atom is 0.329 e. The van der Waals surface area contributed by atoms with Crippen LogP contribution in [0.25, 0.3) is 0 Å². The zero-order valence-electron chi connectivity index (χ0n) is 16.2. The molecule has 0 aliphatic heterocycles. The van der Waals surface area contributed by atoms with Crippen LogP contribution in [0.15, 0.2) is 47.1 Å². The quantitative estimate of drug-likeness (QED) is 0.673. The summed E-state index contributed by atoms with van der Waals surface area (Å²) in [6.45, 7) is 4.97. The molecule has 0 saturated heterocycles. The Morgan fingerprint density at radius 1 is 1.04 bits per heavy atom. The van der Waals surface area contributed by atoms with Crippen molar-refractivity contribution >= 4 is 23.5 Å². The Balaban J connectivity index is 1.99. The number of ether oxygens (including phenoxy) is 2. The molecular formula is C20H24N2O6. The lowest BCUT2D eigenvalue weighted by atomic mass is 10.0. The van der Waals surface area contributed by atoms with Crippen LogP contribution >= 0.6 is 0 Å². The van der Waals surface area contributed by atoms with Crippen LogP contribution in [0.2, 0.25) is 0 Å². The van der Waals surface area contributed by atoms with Gasteiger partial charge in [0.2, 0.25) is 0 Å². The molecule has 2 rings (SSSR count). The molecule has 150 valence electrons. The van der Waals surface area contributed by atoms with E-state index in [9.17, 15) is 14.4 Å². The first-order valence-electron chi connectivity index (χ1n) is 8.82. The van der Waals surface area contributed by atoms with E-state index < -0.39 is 29.9 Å². The number of carbonyl (C=O) groups is 3. The number of para-hydroxylation sites is 2. The predicted octanol–water partition coefficient (Wildman–Crippen LogP) is 2.61. The van der Waals surface area contributed by atoms with Crippen LogP contribution in [0.4, 0.5) is 5.69 Å². The van der Waals surface area contributed by atoms with Crippen LogP contribution < -0.4 is 15.4 Å². The van der Waals surface area contributed by atoms with Crippen molar-refractivity contribution in [2.24, 2.45) is 5.92 Å². The van der Waals surface area contributed by atoms with Crippen molar-refractivity contribution in [2.45, 2.75) is 32.9 Å². The first-order chi connectivity index (χ1) is 13.3. The van der Waals surface area contributed by atoms with E-state index in [0.29, 0.717) is 11.4 Å². The Bertz CT molecular complexity index is 816. The first kappa shape index (κ1) is 21.0. The van der Waals surface area contributed by atoms with Crippen molar-refractivity contribution in [1.29, 1.82) is 0 Å². The second-order valence-electron chi connectivity index (χ2n) is 6.44. The molecule has 1 aromatic carbocycles. The van der Waals surface area contributed by atoms with Gasteiger partial charge in [0, 0.05) is 0 Å². The highest BCUT2D eigenvalue weighted by Crippen LogP contribution is 2.23. The molecule has 0 aliphatic rings. The number of furan rings is 1. The summed E-state index contributed by atoms with van der Waals surface area (Å²) in [5.74, 6) is -1.45. The summed E-state index contributed by atoms with van der Waals surface area (Å²) in [5.41, 5.74) is 0.462. The second kappa shape index (κ2) is 9.59. The van der Waals surface area contributed by atoms with E-state index >= 15 is 0 Å². The zero-order valence-corrected chi connectivity index (χ0v) is 16.2. The van der Waals surface area contributed by atoms with Gasteiger partial charge in [-0.25, -0.2) is 4.79 Å².